The molecule has 0 aromatic carbocycles. The van der Waals surface area contributed by atoms with Crippen LogP contribution in [0.15, 0.2) is 0 Å². The third kappa shape index (κ3) is 3.36. The van der Waals surface area contributed by atoms with Gasteiger partial charge in [-0.25, -0.2) is 0 Å². The molecule has 1 saturated heterocycles. The molecule has 2 fully saturated rings. The normalized spacial score (nSPS) is 34.2. The van der Waals surface area contributed by atoms with Gasteiger partial charge in [-0.3, -0.25) is 14.4 Å². The molecule has 1 aliphatic heterocycles. The molecule has 0 spiro atoms. The zero-order valence-corrected chi connectivity index (χ0v) is 11.5. The summed E-state index contributed by atoms with van der Waals surface area (Å²) >= 11 is 0. The van der Waals surface area contributed by atoms with Crippen LogP contribution in [0.2, 0.25) is 0 Å². The number of fused-ring (bicyclic) bond motifs is 1. The standard InChI is InChI=1S/C14H20O6/c1-8(15)19-12(16)9-4-2-3-5-10-11(7-6-9)14(18)20-13(10)17/h9-11,14,18H,2-7H2,1H3. The first-order chi connectivity index (χ1) is 9.49. The van der Waals surface area contributed by atoms with Crippen molar-refractivity contribution in [3.05, 3.63) is 0 Å². The second-order valence-corrected chi connectivity index (χ2v) is 5.57. The molecule has 4 atom stereocenters. The molecule has 6 nitrogen and oxygen atoms in total. The maximum absolute atomic E-state index is 11.8. The molecule has 112 valence electrons. The second-order valence-electron chi connectivity index (χ2n) is 5.57. The van der Waals surface area contributed by atoms with Crippen molar-refractivity contribution in [1.29, 1.82) is 0 Å². The Kier molecular flexibility index (Phi) is 4.75. The number of esters is 3. The number of aliphatic hydroxyl groups excluding tert-OH is 1. The fourth-order valence-corrected chi connectivity index (χ4v) is 3.10. The van der Waals surface area contributed by atoms with Gasteiger partial charge in [-0.2, -0.15) is 0 Å². The SMILES string of the molecule is CC(=O)OC(=O)C1CCCCC2C(=O)OC(O)C2CC1. The Morgan fingerprint density at radius 1 is 1.20 bits per heavy atom. The Morgan fingerprint density at radius 3 is 2.60 bits per heavy atom. The van der Waals surface area contributed by atoms with Crippen molar-refractivity contribution < 1.29 is 29.0 Å². The highest BCUT2D eigenvalue weighted by Gasteiger charge is 2.44. The summed E-state index contributed by atoms with van der Waals surface area (Å²) in [7, 11) is 0. The average Bonchev–Trinajstić information content (AvgIpc) is 2.67. The molecule has 4 unspecified atom stereocenters. The first kappa shape index (κ1) is 15.0. The minimum absolute atomic E-state index is 0.256. The van der Waals surface area contributed by atoms with Gasteiger partial charge < -0.3 is 14.6 Å². The van der Waals surface area contributed by atoms with E-state index in [1.807, 2.05) is 0 Å². The van der Waals surface area contributed by atoms with E-state index < -0.39 is 18.2 Å². The predicted octanol–water partition coefficient (Wildman–Crippen LogP) is 1.15. The Morgan fingerprint density at radius 2 is 1.90 bits per heavy atom. The number of hydrogen-bond acceptors (Lipinski definition) is 6. The highest BCUT2D eigenvalue weighted by atomic mass is 16.6. The Labute approximate surface area is 117 Å². The molecule has 2 aliphatic rings. The molecule has 0 aromatic rings. The lowest BCUT2D eigenvalue weighted by Gasteiger charge is -2.18. The summed E-state index contributed by atoms with van der Waals surface area (Å²) < 4.78 is 9.51. The van der Waals surface area contributed by atoms with Crippen molar-refractivity contribution in [3.8, 4) is 0 Å². The molecule has 0 amide bonds. The molecule has 1 N–H and O–H groups in total. The van der Waals surface area contributed by atoms with Crippen LogP contribution in [0.4, 0.5) is 0 Å². The summed E-state index contributed by atoms with van der Waals surface area (Å²) in [5.41, 5.74) is 0. The topological polar surface area (TPSA) is 89.9 Å². The number of cyclic esters (lactones) is 1. The van der Waals surface area contributed by atoms with Gasteiger partial charge in [0, 0.05) is 12.8 Å². The third-order valence-electron chi connectivity index (χ3n) is 4.17. The molecule has 0 bridgehead atoms. The van der Waals surface area contributed by atoms with Gasteiger partial charge in [0.05, 0.1) is 11.8 Å². The second kappa shape index (κ2) is 6.35. The van der Waals surface area contributed by atoms with Gasteiger partial charge in [0.15, 0.2) is 0 Å². The predicted molar refractivity (Wildman–Crippen MR) is 67.0 cm³/mol. The quantitative estimate of drug-likeness (QED) is 0.574. The maximum Gasteiger partial charge on any atom is 0.316 e. The fourth-order valence-electron chi connectivity index (χ4n) is 3.10. The summed E-state index contributed by atoms with van der Waals surface area (Å²) in [6.07, 6.45) is 2.87. The molecule has 2 rings (SSSR count). The van der Waals surface area contributed by atoms with Gasteiger partial charge >= 0.3 is 17.9 Å². The first-order valence-electron chi connectivity index (χ1n) is 7.10. The minimum Gasteiger partial charge on any atom is -0.435 e. The van der Waals surface area contributed by atoms with Gasteiger partial charge in [0.1, 0.15) is 0 Å². The summed E-state index contributed by atoms with van der Waals surface area (Å²) in [5, 5.41) is 9.76. The van der Waals surface area contributed by atoms with Crippen molar-refractivity contribution in [1.82, 2.24) is 0 Å². The molecule has 0 radical (unpaired) electrons. The van der Waals surface area contributed by atoms with E-state index in [0.717, 1.165) is 12.8 Å². The lowest BCUT2D eigenvalue weighted by Crippen LogP contribution is -2.24. The zero-order valence-electron chi connectivity index (χ0n) is 11.5. The molecule has 20 heavy (non-hydrogen) atoms. The van der Waals surface area contributed by atoms with E-state index in [0.29, 0.717) is 25.7 Å². The van der Waals surface area contributed by atoms with Crippen LogP contribution in [0.3, 0.4) is 0 Å². The number of hydrogen-bond donors (Lipinski definition) is 1. The van der Waals surface area contributed by atoms with Crippen LogP contribution < -0.4 is 0 Å². The number of carbonyl (C=O) groups is 3. The number of carbonyl (C=O) groups excluding carboxylic acids is 3. The molecule has 6 heteroatoms. The van der Waals surface area contributed by atoms with Crippen LogP contribution in [-0.2, 0) is 23.9 Å². The van der Waals surface area contributed by atoms with Crippen molar-refractivity contribution in [2.24, 2.45) is 17.8 Å². The third-order valence-corrected chi connectivity index (χ3v) is 4.17. The molecule has 1 aliphatic carbocycles. The van der Waals surface area contributed by atoms with E-state index in [4.69, 9.17) is 4.74 Å². The van der Waals surface area contributed by atoms with E-state index in [9.17, 15) is 19.5 Å². The lowest BCUT2D eigenvalue weighted by atomic mass is 9.86. The van der Waals surface area contributed by atoms with Crippen LogP contribution in [-0.4, -0.2) is 29.3 Å². The smallest absolute Gasteiger partial charge is 0.316 e. The number of rotatable bonds is 1. The summed E-state index contributed by atoms with van der Waals surface area (Å²) in [6, 6.07) is 0. The largest absolute Gasteiger partial charge is 0.435 e. The van der Waals surface area contributed by atoms with Gasteiger partial charge in [-0.15, -0.1) is 0 Å². The van der Waals surface area contributed by atoms with Crippen LogP contribution in [0.25, 0.3) is 0 Å². The van der Waals surface area contributed by atoms with Crippen molar-refractivity contribution in [2.75, 3.05) is 0 Å². The van der Waals surface area contributed by atoms with Crippen molar-refractivity contribution in [2.45, 2.75) is 51.7 Å². The summed E-state index contributed by atoms with van der Waals surface area (Å²) in [4.78, 5) is 34.3. The van der Waals surface area contributed by atoms with Crippen molar-refractivity contribution >= 4 is 17.9 Å². The summed E-state index contributed by atoms with van der Waals surface area (Å²) in [5.74, 6) is -2.32. The number of ether oxygens (including phenoxy) is 2. The monoisotopic (exact) mass is 284 g/mol. The average molecular weight is 284 g/mol. The zero-order chi connectivity index (χ0) is 14.7. The Bertz CT molecular complexity index is 404. The maximum atomic E-state index is 11.8. The molecule has 1 saturated carbocycles. The first-order valence-corrected chi connectivity index (χ1v) is 7.10. The Balaban J connectivity index is 2.01. The van der Waals surface area contributed by atoms with Gasteiger partial charge in [-0.05, 0) is 25.7 Å². The number of aliphatic hydroxyl groups is 1. The minimum atomic E-state index is -1.07. The van der Waals surface area contributed by atoms with E-state index >= 15 is 0 Å². The Hall–Kier alpha value is -1.43. The van der Waals surface area contributed by atoms with Crippen LogP contribution in [0.5, 0.6) is 0 Å². The fraction of sp³-hybridized carbons (Fsp3) is 0.786. The lowest BCUT2D eigenvalue weighted by molar-refractivity contribution is -0.163. The van der Waals surface area contributed by atoms with Gasteiger partial charge in [0.25, 0.3) is 0 Å². The summed E-state index contributed by atoms with van der Waals surface area (Å²) in [6.45, 7) is 1.20. The molecular weight excluding hydrogens is 264 g/mol. The van der Waals surface area contributed by atoms with Crippen LogP contribution in [0, 0.1) is 17.8 Å². The van der Waals surface area contributed by atoms with E-state index in [1.165, 1.54) is 6.92 Å². The van der Waals surface area contributed by atoms with Crippen molar-refractivity contribution in [3.63, 3.8) is 0 Å². The highest BCUT2D eigenvalue weighted by molar-refractivity contribution is 5.85. The highest BCUT2D eigenvalue weighted by Crippen LogP contribution is 2.37. The molecule has 1 heterocycles. The molecular formula is C14H20O6. The van der Waals surface area contributed by atoms with E-state index in [-0.39, 0.29) is 23.7 Å². The van der Waals surface area contributed by atoms with Crippen LogP contribution >= 0.6 is 0 Å². The molecule has 0 aromatic heterocycles. The van der Waals surface area contributed by atoms with E-state index in [2.05, 4.69) is 4.74 Å². The van der Waals surface area contributed by atoms with Crippen LogP contribution in [0.1, 0.15) is 45.4 Å². The van der Waals surface area contributed by atoms with Gasteiger partial charge in [0.2, 0.25) is 6.29 Å². The van der Waals surface area contributed by atoms with E-state index in [1.54, 1.807) is 0 Å². The van der Waals surface area contributed by atoms with Gasteiger partial charge in [-0.1, -0.05) is 12.8 Å².